The molecule has 0 saturated heterocycles. The van der Waals surface area contributed by atoms with E-state index in [4.69, 9.17) is 5.26 Å². The van der Waals surface area contributed by atoms with E-state index in [0.717, 1.165) is 0 Å². The van der Waals surface area contributed by atoms with E-state index < -0.39 is 0 Å². The third-order valence-corrected chi connectivity index (χ3v) is 3.31. The fourth-order valence-corrected chi connectivity index (χ4v) is 2.36. The molecule has 3 nitrogen and oxygen atoms in total. The van der Waals surface area contributed by atoms with Crippen molar-refractivity contribution in [3.8, 4) is 6.07 Å². The van der Waals surface area contributed by atoms with Gasteiger partial charge in [-0.3, -0.25) is 0 Å². The predicted molar refractivity (Wildman–Crippen MR) is 65.0 cm³/mol. The summed E-state index contributed by atoms with van der Waals surface area (Å²) in [6.07, 6.45) is 7.58. The minimum absolute atomic E-state index is 0.218. The van der Waals surface area contributed by atoms with Gasteiger partial charge in [0.1, 0.15) is 5.37 Å². The standard InChI is InChI=1S/C12H11N3S/c1-16-12(15-7-6-14-9-15)11-4-2-10(8-13)3-5-11/h2-7,9,12H,1H3. The predicted octanol–water partition coefficient (Wildman–Crippen LogP) is 2.66. The summed E-state index contributed by atoms with van der Waals surface area (Å²) in [6, 6.07) is 9.78. The van der Waals surface area contributed by atoms with E-state index in [0.29, 0.717) is 5.56 Å². The van der Waals surface area contributed by atoms with E-state index in [1.165, 1.54) is 5.56 Å². The summed E-state index contributed by atoms with van der Waals surface area (Å²) < 4.78 is 2.05. The quantitative estimate of drug-likeness (QED) is 0.812. The van der Waals surface area contributed by atoms with E-state index >= 15 is 0 Å². The van der Waals surface area contributed by atoms with Gasteiger partial charge < -0.3 is 4.57 Å². The number of hydrogen-bond acceptors (Lipinski definition) is 3. The van der Waals surface area contributed by atoms with Gasteiger partial charge in [-0.25, -0.2) is 4.98 Å². The lowest BCUT2D eigenvalue weighted by atomic mass is 10.1. The highest BCUT2D eigenvalue weighted by molar-refractivity contribution is 7.98. The molecular weight excluding hydrogens is 218 g/mol. The average Bonchev–Trinajstić information content (AvgIpc) is 2.85. The fraction of sp³-hybridized carbons (Fsp3) is 0.167. The summed E-state index contributed by atoms with van der Waals surface area (Å²) in [5.41, 5.74) is 1.86. The molecule has 0 radical (unpaired) electrons. The second-order valence-electron chi connectivity index (χ2n) is 3.33. The zero-order chi connectivity index (χ0) is 11.4. The van der Waals surface area contributed by atoms with Crippen LogP contribution in [0.25, 0.3) is 0 Å². The van der Waals surface area contributed by atoms with Gasteiger partial charge in [-0.05, 0) is 24.0 Å². The lowest BCUT2D eigenvalue weighted by Crippen LogP contribution is -2.04. The monoisotopic (exact) mass is 229 g/mol. The summed E-state index contributed by atoms with van der Waals surface area (Å²) >= 11 is 1.73. The van der Waals surface area contributed by atoms with Crippen LogP contribution in [0.3, 0.4) is 0 Å². The summed E-state index contributed by atoms with van der Waals surface area (Å²) in [6.45, 7) is 0. The van der Waals surface area contributed by atoms with Crippen molar-refractivity contribution >= 4 is 11.8 Å². The Morgan fingerprint density at radius 3 is 2.62 bits per heavy atom. The van der Waals surface area contributed by atoms with Gasteiger partial charge in [-0.1, -0.05) is 12.1 Å². The van der Waals surface area contributed by atoms with Gasteiger partial charge in [0, 0.05) is 12.4 Å². The summed E-state index contributed by atoms with van der Waals surface area (Å²) in [5.74, 6) is 0. The molecule has 0 amide bonds. The van der Waals surface area contributed by atoms with Gasteiger partial charge in [-0.2, -0.15) is 5.26 Å². The smallest absolute Gasteiger partial charge is 0.105 e. The third-order valence-electron chi connectivity index (χ3n) is 2.34. The van der Waals surface area contributed by atoms with Gasteiger partial charge in [0.25, 0.3) is 0 Å². The van der Waals surface area contributed by atoms with E-state index in [9.17, 15) is 0 Å². The highest BCUT2D eigenvalue weighted by atomic mass is 32.2. The topological polar surface area (TPSA) is 41.6 Å². The molecule has 0 aliphatic heterocycles. The van der Waals surface area contributed by atoms with Crippen molar-refractivity contribution in [2.45, 2.75) is 5.37 Å². The third kappa shape index (κ3) is 2.10. The summed E-state index contributed by atoms with van der Waals surface area (Å²) in [7, 11) is 0. The Morgan fingerprint density at radius 2 is 2.12 bits per heavy atom. The molecule has 1 heterocycles. The van der Waals surface area contributed by atoms with Gasteiger partial charge in [-0.15, -0.1) is 11.8 Å². The number of benzene rings is 1. The van der Waals surface area contributed by atoms with E-state index in [2.05, 4.69) is 17.3 Å². The van der Waals surface area contributed by atoms with Crippen molar-refractivity contribution in [1.82, 2.24) is 9.55 Å². The van der Waals surface area contributed by atoms with Gasteiger partial charge >= 0.3 is 0 Å². The molecule has 2 aromatic rings. The maximum absolute atomic E-state index is 8.74. The van der Waals surface area contributed by atoms with Crippen molar-refractivity contribution in [3.63, 3.8) is 0 Å². The SMILES string of the molecule is CSC(c1ccc(C#N)cc1)n1ccnc1. The van der Waals surface area contributed by atoms with E-state index in [1.807, 2.05) is 35.0 Å². The van der Waals surface area contributed by atoms with Crippen LogP contribution in [0.15, 0.2) is 43.0 Å². The number of nitriles is 1. The summed E-state index contributed by atoms with van der Waals surface area (Å²) in [4.78, 5) is 4.05. The van der Waals surface area contributed by atoms with Crippen molar-refractivity contribution in [2.24, 2.45) is 0 Å². The van der Waals surface area contributed by atoms with Crippen LogP contribution in [0.1, 0.15) is 16.5 Å². The summed E-state index contributed by atoms with van der Waals surface area (Å²) in [5, 5.41) is 8.96. The molecule has 0 fully saturated rings. The molecule has 0 N–H and O–H groups in total. The van der Waals surface area contributed by atoms with Crippen LogP contribution in [0.5, 0.6) is 0 Å². The fourth-order valence-electron chi connectivity index (χ4n) is 1.56. The minimum atomic E-state index is 0.218. The first-order valence-electron chi connectivity index (χ1n) is 4.85. The number of nitrogens with zero attached hydrogens (tertiary/aromatic N) is 3. The van der Waals surface area contributed by atoms with Crippen LogP contribution in [0.4, 0.5) is 0 Å². The Balaban J connectivity index is 2.31. The zero-order valence-electron chi connectivity index (χ0n) is 8.87. The van der Waals surface area contributed by atoms with E-state index in [-0.39, 0.29) is 5.37 Å². The van der Waals surface area contributed by atoms with E-state index in [1.54, 1.807) is 24.3 Å². The zero-order valence-corrected chi connectivity index (χ0v) is 9.69. The van der Waals surface area contributed by atoms with Gasteiger partial charge in [0.05, 0.1) is 18.0 Å². The van der Waals surface area contributed by atoms with Gasteiger partial charge in [0.15, 0.2) is 0 Å². The Labute approximate surface area is 98.7 Å². The van der Waals surface area contributed by atoms with Crippen molar-refractivity contribution in [2.75, 3.05) is 6.26 Å². The Morgan fingerprint density at radius 1 is 1.38 bits per heavy atom. The van der Waals surface area contributed by atoms with Crippen LogP contribution in [0.2, 0.25) is 0 Å². The van der Waals surface area contributed by atoms with Crippen LogP contribution < -0.4 is 0 Å². The lowest BCUT2D eigenvalue weighted by Gasteiger charge is -2.16. The molecule has 16 heavy (non-hydrogen) atoms. The first kappa shape index (κ1) is 10.8. The van der Waals surface area contributed by atoms with Crippen LogP contribution in [-0.4, -0.2) is 15.8 Å². The Hall–Kier alpha value is -1.73. The van der Waals surface area contributed by atoms with Crippen LogP contribution in [0, 0.1) is 11.3 Å². The lowest BCUT2D eigenvalue weighted by molar-refractivity contribution is 0.777. The normalized spacial score (nSPS) is 12.0. The molecule has 2 rings (SSSR count). The highest BCUT2D eigenvalue weighted by Gasteiger charge is 2.10. The molecule has 0 aliphatic rings. The molecule has 0 spiro atoms. The van der Waals surface area contributed by atoms with Crippen LogP contribution in [-0.2, 0) is 0 Å². The number of hydrogen-bond donors (Lipinski definition) is 0. The number of rotatable bonds is 3. The largest absolute Gasteiger partial charge is 0.321 e. The Bertz CT molecular complexity index is 482. The molecule has 0 bridgehead atoms. The maximum Gasteiger partial charge on any atom is 0.105 e. The first-order chi connectivity index (χ1) is 7.85. The highest BCUT2D eigenvalue weighted by Crippen LogP contribution is 2.28. The number of thioether (sulfide) groups is 1. The molecule has 1 unspecified atom stereocenters. The first-order valence-corrected chi connectivity index (χ1v) is 6.14. The molecule has 0 saturated carbocycles. The molecule has 1 atom stereocenters. The number of aromatic nitrogens is 2. The molecule has 4 heteroatoms. The minimum Gasteiger partial charge on any atom is -0.321 e. The number of imidazole rings is 1. The second kappa shape index (κ2) is 4.86. The van der Waals surface area contributed by atoms with Crippen LogP contribution >= 0.6 is 11.8 Å². The van der Waals surface area contributed by atoms with Crippen molar-refractivity contribution < 1.29 is 0 Å². The molecule has 0 aliphatic carbocycles. The molecule has 1 aromatic carbocycles. The van der Waals surface area contributed by atoms with Crippen molar-refractivity contribution in [1.29, 1.82) is 5.26 Å². The molecular formula is C12H11N3S. The second-order valence-corrected chi connectivity index (χ2v) is 4.25. The molecule has 1 aromatic heterocycles. The maximum atomic E-state index is 8.74. The Kier molecular flexibility index (Phi) is 3.28. The van der Waals surface area contributed by atoms with Gasteiger partial charge in [0.2, 0.25) is 0 Å². The van der Waals surface area contributed by atoms with Crippen molar-refractivity contribution in [3.05, 3.63) is 54.1 Å². The molecule has 80 valence electrons. The average molecular weight is 229 g/mol.